The van der Waals surface area contributed by atoms with Crippen LogP contribution in [0.2, 0.25) is 0 Å². The van der Waals surface area contributed by atoms with E-state index in [4.69, 9.17) is 5.11 Å². The summed E-state index contributed by atoms with van der Waals surface area (Å²) in [6.07, 6.45) is 4.48. The van der Waals surface area contributed by atoms with E-state index in [1.165, 1.54) is 0 Å². The van der Waals surface area contributed by atoms with E-state index in [1.807, 2.05) is 24.3 Å². The number of anilines is 1. The third kappa shape index (κ3) is 4.16. The number of aromatic nitrogens is 1. The maximum absolute atomic E-state index is 12.4. The minimum atomic E-state index is -0.830. The number of nitrogens with zero attached hydrogens (tertiary/aromatic N) is 1. The molecule has 1 aliphatic rings. The summed E-state index contributed by atoms with van der Waals surface area (Å²) in [6.45, 7) is 0. The highest BCUT2D eigenvalue weighted by Crippen LogP contribution is 2.38. The molecule has 2 N–H and O–H groups in total. The van der Waals surface area contributed by atoms with Crippen molar-refractivity contribution in [2.24, 2.45) is 0 Å². The van der Waals surface area contributed by atoms with Crippen LogP contribution in [-0.4, -0.2) is 22.0 Å². The summed E-state index contributed by atoms with van der Waals surface area (Å²) in [5, 5.41) is 11.6. The fourth-order valence-electron chi connectivity index (χ4n) is 2.45. The van der Waals surface area contributed by atoms with Gasteiger partial charge < -0.3 is 10.4 Å². The number of aryl methyl sites for hydroxylation is 1. The van der Waals surface area contributed by atoms with Crippen molar-refractivity contribution in [2.45, 2.75) is 31.6 Å². The van der Waals surface area contributed by atoms with E-state index in [-0.39, 0.29) is 12.3 Å². The molecule has 1 aliphatic carbocycles. The third-order valence-electron chi connectivity index (χ3n) is 3.85. The molecule has 1 fully saturated rings. The van der Waals surface area contributed by atoms with Crippen LogP contribution >= 0.6 is 0 Å². The normalized spacial score (nSPS) is 13.6. The maximum atomic E-state index is 12.4. The van der Waals surface area contributed by atoms with Gasteiger partial charge in [-0.15, -0.1) is 0 Å². The van der Waals surface area contributed by atoms with Crippen molar-refractivity contribution in [3.8, 4) is 0 Å². The van der Waals surface area contributed by atoms with Gasteiger partial charge in [-0.25, -0.2) is 0 Å². The third-order valence-corrected chi connectivity index (χ3v) is 3.85. The molecule has 0 unspecified atom stereocenters. The Kier molecular flexibility index (Phi) is 4.37. The lowest BCUT2D eigenvalue weighted by atomic mass is 10.1. The topological polar surface area (TPSA) is 79.3 Å². The monoisotopic (exact) mass is 310 g/mol. The number of rotatable bonds is 6. The zero-order valence-corrected chi connectivity index (χ0v) is 12.7. The standard InChI is InChI=1S/C18H18N2O3/c21-17(22)7-4-12-2-1-3-15(10-12)20-18(23)14-8-9-19-16(11-14)13-5-6-13/h1-3,8-11,13H,4-7H2,(H,20,23)(H,21,22). The van der Waals surface area contributed by atoms with E-state index in [2.05, 4.69) is 10.3 Å². The fourth-order valence-corrected chi connectivity index (χ4v) is 2.45. The van der Waals surface area contributed by atoms with Crippen LogP contribution in [0.5, 0.6) is 0 Å². The average Bonchev–Trinajstić information content (AvgIpc) is 3.38. The zero-order chi connectivity index (χ0) is 16.2. The lowest BCUT2D eigenvalue weighted by molar-refractivity contribution is -0.136. The minimum absolute atomic E-state index is 0.0759. The van der Waals surface area contributed by atoms with Crippen LogP contribution < -0.4 is 5.32 Å². The lowest BCUT2D eigenvalue weighted by Crippen LogP contribution is -2.12. The van der Waals surface area contributed by atoms with Gasteiger partial charge in [0, 0.05) is 35.5 Å². The number of hydrogen-bond acceptors (Lipinski definition) is 3. The molecule has 0 saturated heterocycles. The Morgan fingerprint density at radius 2 is 2.04 bits per heavy atom. The van der Waals surface area contributed by atoms with Gasteiger partial charge in [0.1, 0.15) is 0 Å². The molecule has 0 spiro atoms. The Labute approximate surface area is 134 Å². The minimum Gasteiger partial charge on any atom is -0.481 e. The molecule has 3 rings (SSSR count). The van der Waals surface area contributed by atoms with Crippen molar-refractivity contribution < 1.29 is 14.7 Å². The maximum Gasteiger partial charge on any atom is 0.303 e. The Morgan fingerprint density at radius 3 is 2.78 bits per heavy atom. The summed E-state index contributed by atoms with van der Waals surface area (Å²) in [5.41, 5.74) is 3.13. The van der Waals surface area contributed by atoms with Gasteiger partial charge in [0.2, 0.25) is 0 Å². The highest BCUT2D eigenvalue weighted by molar-refractivity contribution is 6.04. The van der Waals surface area contributed by atoms with Crippen LogP contribution in [0.1, 0.15) is 46.8 Å². The molecule has 0 aliphatic heterocycles. The van der Waals surface area contributed by atoms with Crippen LogP contribution in [0.15, 0.2) is 42.6 Å². The van der Waals surface area contributed by atoms with Gasteiger partial charge in [0.05, 0.1) is 0 Å². The molecule has 0 radical (unpaired) electrons. The average molecular weight is 310 g/mol. The quantitative estimate of drug-likeness (QED) is 0.858. The zero-order valence-electron chi connectivity index (χ0n) is 12.7. The van der Waals surface area contributed by atoms with E-state index in [0.717, 1.165) is 24.1 Å². The van der Waals surface area contributed by atoms with Crippen LogP contribution in [0, 0.1) is 0 Å². The molecule has 1 aromatic heterocycles. The second-order valence-electron chi connectivity index (χ2n) is 5.79. The SMILES string of the molecule is O=C(O)CCc1cccc(NC(=O)c2ccnc(C3CC3)c2)c1. The van der Waals surface area contributed by atoms with Gasteiger partial charge in [0.15, 0.2) is 0 Å². The summed E-state index contributed by atoms with van der Waals surface area (Å²) in [7, 11) is 0. The van der Waals surface area contributed by atoms with E-state index >= 15 is 0 Å². The van der Waals surface area contributed by atoms with Crippen molar-refractivity contribution in [1.29, 1.82) is 0 Å². The molecule has 1 aromatic carbocycles. The van der Waals surface area contributed by atoms with Gasteiger partial charge >= 0.3 is 5.97 Å². The van der Waals surface area contributed by atoms with Gasteiger partial charge in [-0.2, -0.15) is 0 Å². The van der Waals surface area contributed by atoms with Crippen molar-refractivity contribution in [3.05, 3.63) is 59.4 Å². The number of carboxylic acid groups (broad SMARTS) is 1. The molecule has 2 aromatic rings. The molecule has 118 valence electrons. The highest BCUT2D eigenvalue weighted by atomic mass is 16.4. The molecule has 1 saturated carbocycles. The van der Waals surface area contributed by atoms with Crippen LogP contribution in [0.3, 0.4) is 0 Å². The highest BCUT2D eigenvalue weighted by Gasteiger charge is 2.25. The molecular formula is C18H18N2O3. The Bertz CT molecular complexity index is 739. The summed E-state index contributed by atoms with van der Waals surface area (Å²) >= 11 is 0. The number of benzene rings is 1. The number of carbonyl (C=O) groups is 2. The molecule has 1 heterocycles. The van der Waals surface area contributed by atoms with Crippen molar-refractivity contribution in [3.63, 3.8) is 0 Å². The van der Waals surface area contributed by atoms with Gasteiger partial charge in [-0.05, 0) is 49.1 Å². The number of nitrogens with one attached hydrogen (secondary N) is 1. The summed E-state index contributed by atoms with van der Waals surface area (Å²) < 4.78 is 0. The summed E-state index contributed by atoms with van der Waals surface area (Å²) in [6, 6.07) is 10.8. The number of carbonyl (C=O) groups excluding carboxylic acids is 1. The first-order valence-electron chi connectivity index (χ1n) is 7.70. The van der Waals surface area contributed by atoms with Crippen molar-refractivity contribution in [1.82, 2.24) is 4.98 Å². The predicted molar refractivity (Wildman–Crippen MR) is 86.6 cm³/mol. The van der Waals surface area contributed by atoms with E-state index in [0.29, 0.717) is 23.6 Å². The molecular weight excluding hydrogens is 292 g/mol. The van der Waals surface area contributed by atoms with Crippen molar-refractivity contribution >= 4 is 17.6 Å². The molecule has 5 heteroatoms. The first kappa shape index (κ1) is 15.2. The van der Waals surface area contributed by atoms with E-state index in [1.54, 1.807) is 18.3 Å². The first-order valence-corrected chi connectivity index (χ1v) is 7.70. The number of aliphatic carboxylic acids is 1. The van der Waals surface area contributed by atoms with Gasteiger partial charge in [-0.1, -0.05) is 12.1 Å². The summed E-state index contributed by atoms with van der Waals surface area (Å²) in [5.74, 6) is -0.504. The molecule has 0 atom stereocenters. The van der Waals surface area contributed by atoms with Gasteiger partial charge in [0.25, 0.3) is 5.91 Å². The molecule has 1 amide bonds. The lowest BCUT2D eigenvalue weighted by Gasteiger charge is -2.08. The second kappa shape index (κ2) is 6.60. The first-order chi connectivity index (χ1) is 11.1. The largest absolute Gasteiger partial charge is 0.481 e. The number of pyridine rings is 1. The smallest absolute Gasteiger partial charge is 0.303 e. The van der Waals surface area contributed by atoms with E-state index in [9.17, 15) is 9.59 Å². The summed E-state index contributed by atoms with van der Waals surface area (Å²) in [4.78, 5) is 27.3. The van der Waals surface area contributed by atoms with Crippen LogP contribution in [-0.2, 0) is 11.2 Å². The van der Waals surface area contributed by atoms with Gasteiger partial charge in [-0.3, -0.25) is 14.6 Å². The Hall–Kier alpha value is -2.69. The second-order valence-corrected chi connectivity index (χ2v) is 5.79. The molecule has 23 heavy (non-hydrogen) atoms. The number of hydrogen-bond donors (Lipinski definition) is 2. The van der Waals surface area contributed by atoms with Crippen LogP contribution in [0.4, 0.5) is 5.69 Å². The van der Waals surface area contributed by atoms with Crippen LogP contribution in [0.25, 0.3) is 0 Å². The van der Waals surface area contributed by atoms with Crippen molar-refractivity contribution in [2.75, 3.05) is 5.32 Å². The fraction of sp³-hybridized carbons (Fsp3) is 0.278. The molecule has 5 nitrogen and oxygen atoms in total. The number of amides is 1. The Morgan fingerprint density at radius 1 is 1.22 bits per heavy atom. The predicted octanol–water partition coefficient (Wildman–Crippen LogP) is 3.23. The van der Waals surface area contributed by atoms with E-state index < -0.39 is 5.97 Å². The number of carboxylic acids is 1. The Balaban J connectivity index is 1.68. The molecule has 0 bridgehead atoms.